The van der Waals surface area contributed by atoms with Gasteiger partial charge in [-0.15, -0.1) is 0 Å². The minimum Gasteiger partial charge on any atom is -0.326 e. The fourth-order valence-corrected chi connectivity index (χ4v) is 3.50. The van der Waals surface area contributed by atoms with Crippen molar-refractivity contribution in [3.05, 3.63) is 57.8 Å². The van der Waals surface area contributed by atoms with Crippen LogP contribution in [0, 0.1) is 5.82 Å². The highest BCUT2D eigenvalue weighted by atomic mass is 35.5. The van der Waals surface area contributed by atoms with E-state index < -0.39 is 15.8 Å². The number of hydrogen-bond donors (Lipinski definition) is 2. The van der Waals surface area contributed by atoms with Crippen molar-refractivity contribution in [2.24, 2.45) is 5.73 Å². The molecule has 0 bridgehead atoms. The van der Waals surface area contributed by atoms with E-state index in [0.717, 1.165) is 12.1 Å². The Morgan fingerprint density at radius 2 is 1.76 bits per heavy atom. The van der Waals surface area contributed by atoms with Gasteiger partial charge in [-0.25, -0.2) is 12.8 Å². The summed E-state index contributed by atoms with van der Waals surface area (Å²) >= 11 is 11.7. The second-order valence-electron chi connectivity index (χ2n) is 4.20. The van der Waals surface area contributed by atoms with Crippen LogP contribution in [0.3, 0.4) is 0 Å². The molecule has 8 heteroatoms. The summed E-state index contributed by atoms with van der Waals surface area (Å²) in [4.78, 5) is -0.146. The first-order valence-corrected chi connectivity index (χ1v) is 8.04. The third kappa shape index (κ3) is 3.65. The maximum atomic E-state index is 13.2. The van der Waals surface area contributed by atoms with Gasteiger partial charge >= 0.3 is 0 Å². The molecule has 0 radical (unpaired) electrons. The Morgan fingerprint density at radius 3 is 2.43 bits per heavy atom. The molecule has 0 unspecified atom stereocenters. The van der Waals surface area contributed by atoms with Gasteiger partial charge in [0.15, 0.2) is 0 Å². The van der Waals surface area contributed by atoms with E-state index >= 15 is 0 Å². The number of benzene rings is 2. The van der Waals surface area contributed by atoms with Crippen molar-refractivity contribution in [2.75, 3.05) is 4.72 Å². The molecule has 112 valence electrons. The quantitative estimate of drug-likeness (QED) is 0.889. The van der Waals surface area contributed by atoms with Crippen LogP contribution in [-0.4, -0.2) is 8.42 Å². The summed E-state index contributed by atoms with van der Waals surface area (Å²) in [6, 6.07) is 7.79. The summed E-state index contributed by atoms with van der Waals surface area (Å²) < 4.78 is 40.1. The van der Waals surface area contributed by atoms with E-state index in [1.807, 2.05) is 0 Å². The standard InChI is InChI=1S/C13H11Cl2FN2O2S/c14-10-4-2-9(16)6-12(10)18-21(19,20)13-5-8(7-17)1-3-11(13)15/h1-6,18H,7,17H2. The number of nitrogens with one attached hydrogen (secondary N) is 1. The van der Waals surface area contributed by atoms with E-state index in [1.54, 1.807) is 6.07 Å². The third-order valence-corrected chi connectivity index (χ3v) is 4.87. The van der Waals surface area contributed by atoms with Gasteiger partial charge in [-0.3, -0.25) is 4.72 Å². The van der Waals surface area contributed by atoms with Crippen LogP contribution >= 0.6 is 23.2 Å². The Morgan fingerprint density at radius 1 is 1.10 bits per heavy atom. The molecule has 2 aromatic rings. The molecule has 2 aromatic carbocycles. The lowest BCUT2D eigenvalue weighted by atomic mass is 10.2. The fraction of sp³-hybridized carbons (Fsp3) is 0.0769. The Labute approximate surface area is 131 Å². The second-order valence-corrected chi connectivity index (χ2v) is 6.66. The van der Waals surface area contributed by atoms with Gasteiger partial charge in [0.2, 0.25) is 0 Å². The van der Waals surface area contributed by atoms with Crippen LogP contribution in [0.1, 0.15) is 5.56 Å². The van der Waals surface area contributed by atoms with Gasteiger partial charge in [-0.2, -0.15) is 0 Å². The van der Waals surface area contributed by atoms with Gasteiger partial charge < -0.3 is 5.73 Å². The summed E-state index contributed by atoms with van der Waals surface area (Å²) in [7, 11) is -4.00. The summed E-state index contributed by atoms with van der Waals surface area (Å²) in [5.41, 5.74) is 6.02. The van der Waals surface area contributed by atoms with Gasteiger partial charge in [0.05, 0.1) is 15.7 Å². The third-order valence-electron chi connectivity index (χ3n) is 2.69. The van der Waals surface area contributed by atoms with E-state index in [1.165, 1.54) is 18.2 Å². The average Bonchev–Trinajstić information content (AvgIpc) is 2.43. The normalized spacial score (nSPS) is 11.4. The minimum absolute atomic E-state index is 0.0345. The number of rotatable bonds is 4. The van der Waals surface area contributed by atoms with Gasteiger partial charge in [-0.05, 0) is 35.9 Å². The van der Waals surface area contributed by atoms with E-state index in [2.05, 4.69) is 4.72 Å². The van der Waals surface area contributed by atoms with Crippen molar-refractivity contribution in [2.45, 2.75) is 11.4 Å². The predicted molar refractivity (Wildman–Crippen MR) is 81.6 cm³/mol. The van der Waals surface area contributed by atoms with Crippen LogP contribution in [-0.2, 0) is 16.6 Å². The van der Waals surface area contributed by atoms with Crippen molar-refractivity contribution < 1.29 is 12.8 Å². The molecule has 0 heterocycles. The van der Waals surface area contributed by atoms with E-state index in [4.69, 9.17) is 28.9 Å². The smallest absolute Gasteiger partial charge is 0.263 e. The van der Waals surface area contributed by atoms with Crippen molar-refractivity contribution in [1.29, 1.82) is 0 Å². The first-order chi connectivity index (χ1) is 9.83. The molecule has 0 aliphatic heterocycles. The molecule has 0 aliphatic carbocycles. The SMILES string of the molecule is NCc1ccc(Cl)c(S(=O)(=O)Nc2cc(F)ccc2Cl)c1. The largest absolute Gasteiger partial charge is 0.326 e. The van der Waals surface area contributed by atoms with E-state index in [-0.39, 0.29) is 27.2 Å². The van der Waals surface area contributed by atoms with Crippen LogP contribution in [0.5, 0.6) is 0 Å². The van der Waals surface area contributed by atoms with Crippen LogP contribution in [0.2, 0.25) is 10.0 Å². The van der Waals surface area contributed by atoms with Crippen molar-refractivity contribution in [1.82, 2.24) is 0 Å². The van der Waals surface area contributed by atoms with Gasteiger partial charge in [0.1, 0.15) is 10.7 Å². The fourth-order valence-electron chi connectivity index (χ4n) is 1.66. The van der Waals surface area contributed by atoms with E-state index in [0.29, 0.717) is 5.56 Å². The van der Waals surface area contributed by atoms with Crippen molar-refractivity contribution >= 4 is 38.9 Å². The highest BCUT2D eigenvalue weighted by molar-refractivity contribution is 7.92. The molecule has 0 aromatic heterocycles. The van der Waals surface area contributed by atoms with Gasteiger partial charge in [0.25, 0.3) is 10.0 Å². The molecule has 0 aliphatic rings. The Balaban J connectivity index is 2.45. The maximum Gasteiger partial charge on any atom is 0.263 e. The van der Waals surface area contributed by atoms with Gasteiger partial charge in [-0.1, -0.05) is 29.3 Å². The summed E-state index contributed by atoms with van der Waals surface area (Å²) in [5, 5.41) is 0.110. The Bertz CT molecular complexity index is 782. The molecular weight excluding hydrogens is 338 g/mol. The molecule has 2 rings (SSSR count). The number of nitrogens with two attached hydrogens (primary N) is 1. The molecule has 0 spiro atoms. The summed E-state index contributed by atoms with van der Waals surface area (Å²) in [6.07, 6.45) is 0. The molecule has 0 amide bonds. The van der Waals surface area contributed by atoms with E-state index in [9.17, 15) is 12.8 Å². The van der Waals surface area contributed by atoms with Crippen LogP contribution in [0.4, 0.5) is 10.1 Å². The zero-order valence-electron chi connectivity index (χ0n) is 10.6. The Hall–Kier alpha value is -1.34. The first-order valence-electron chi connectivity index (χ1n) is 5.80. The summed E-state index contributed by atoms with van der Waals surface area (Å²) in [5.74, 6) is -0.612. The number of hydrogen-bond acceptors (Lipinski definition) is 3. The number of anilines is 1. The molecular formula is C13H11Cl2FN2O2S. The number of sulfonamides is 1. The maximum absolute atomic E-state index is 13.2. The molecule has 21 heavy (non-hydrogen) atoms. The van der Waals surface area contributed by atoms with Crippen LogP contribution in [0.15, 0.2) is 41.3 Å². The minimum atomic E-state index is -4.00. The van der Waals surface area contributed by atoms with Crippen LogP contribution < -0.4 is 10.5 Å². The monoisotopic (exact) mass is 348 g/mol. The topological polar surface area (TPSA) is 72.2 Å². The molecule has 3 N–H and O–H groups in total. The molecule has 0 saturated heterocycles. The molecule has 0 fully saturated rings. The average molecular weight is 349 g/mol. The lowest BCUT2D eigenvalue weighted by molar-refractivity contribution is 0.601. The van der Waals surface area contributed by atoms with Crippen molar-refractivity contribution in [3.8, 4) is 0 Å². The van der Waals surface area contributed by atoms with Gasteiger partial charge in [0, 0.05) is 6.54 Å². The highest BCUT2D eigenvalue weighted by Gasteiger charge is 2.20. The second kappa shape index (κ2) is 6.19. The van der Waals surface area contributed by atoms with Crippen LogP contribution in [0.25, 0.3) is 0 Å². The summed E-state index contributed by atoms with van der Waals surface area (Å²) in [6.45, 7) is 0.167. The first kappa shape index (κ1) is 16.0. The predicted octanol–water partition coefficient (Wildman–Crippen LogP) is 3.39. The highest BCUT2D eigenvalue weighted by Crippen LogP contribution is 2.28. The molecule has 4 nitrogen and oxygen atoms in total. The lowest BCUT2D eigenvalue weighted by Gasteiger charge is -2.12. The van der Waals surface area contributed by atoms with Crippen molar-refractivity contribution in [3.63, 3.8) is 0 Å². The Kier molecular flexibility index (Phi) is 4.73. The molecule has 0 atom stereocenters. The zero-order valence-corrected chi connectivity index (χ0v) is 12.9. The molecule has 0 saturated carbocycles. The zero-order chi connectivity index (χ0) is 15.6. The lowest BCUT2D eigenvalue weighted by Crippen LogP contribution is -2.14. The number of halogens is 3.